The summed E-state index contributed by atoms with van der Waals surface area (Å²) in [7, 11) is 4.46. The number of aryl methyl sites for hydroxylation is 1. The van der Waals surface area contributed by atoms with Gasteiger partial charge in [-0.05, 0) is 43.4 Å². The number of hydrogen-bond acceptors (Lipinski definition) is 6. The van der Waals surface area contributed by atoms with Crippen molar-refractivity contribution < 1.29 is 28.5 Å². The lowest BCUT2D eigenvalue weighted by molar-refractivity contribution is -0.149. The second kappa shape index (κ2) is 10.2. The van der Waals surface area contributed by atoms with Crippen molar-refractivity contribution in [2.75, 3.05) is 41.1 Å². The van der Waals surface area contributed by atoms with E-state index in [1.807, 2.05) is 6.07 Å². The van der Waals surface area contributed by atoms with E-state index in [2.05, 4.69) is 6.92 Å². The molecule has 1 aliphatic heterocycles. The van der Waals surface area contributed by atoms with Crippen LogP contribution in [-0.4, -0.2) is 63.9 Å². The van der Waals surface area contributed by atoms with Crippen molar-refractivity contribution in [2.45, 2.75) is 38.6 Å². The van der Waals surface area contributed by atoms with E-state index in [1.165, 1.54) is 12.0 Å². The SMILES string of the molecule is CCCOCCCc1cc(C(=O)N2CC[C@@H]2C(=O)OC)cc(OC)c1OC. The molecule has 150 valence electrons. The minimum absolute atomic E-state index is 0.207. The molecule has 0 spiro atoms. The van der Waals surface area contributed by atoms with Gasteiger partial charge >= 0.3 is 5.97 Å². The fourth-order valence-electron chi connectivity index (χ4n) is 3.14. The summed E-state index contributed by atoms with van der Waals surface area (Å²) in [5, 5.41) is 0. The molecule has 0 unspecified atom stereocenters. The van der Waals surface area contributed by atoms with E-state index in [9.17, 15) is 9.59 Å². The average molecular weight is 379 g/mol. The Bertz CT molecular complexity index is 660. The summed E-state index contributed by atoms with van der Waals surface area (Å²) >= 11 is 0. The zero-order valence-electron chi connectivity index (χ0n) is 16.6. The van der Waals surface area contributed by atoms with Crippen LogP contribution in [0.15, 0.2) is 12.1 Å². The van der Waals surface area contributed by atoms with Gasteiger partial charge in [-0.3, -0.25) is 4.79 Å². The third-order valence-corrected chi connectivity index (χ3v) is 4.64. The number of carbonyl (C=O) groups is 2. The van der Waals surface area contributed by atoms with E-state index < -0.39 is 6.04 Å². The van der Waals surface area contributed by atoms with Crippen molar-refractivity contribution in [2.24, 2.45) is 0 Å². The van der Waals surface area contributed by atoms with Gasteiger partial charge in [0, 0.05) is 25.3 Å². The number of hydrogen-bond donors (Lipinski definition) is 0. The predicted molar refractivity (Wildman–Crippen MR) is 100 cm³/mol. The highest BCUT2D eigenvalue weighted by Gasteiger charge is 2.39. The molecule has 0 aliphatic carbocycles. The van der Waals surface area contributed by atoms with Gasteiger partial charge < -0.3 is 23.8 Å². The zero-order valence-corrected chi connectivity index (χ0v) is 16.6. The number of benzene rings is 1. The number of esters is 1. The molecule has 0 N–H and O–H groups in total. The van der Waals surface area contributed by atoms with Gasteiger partial charge in [0.15, 0.2) is 11.5 Å². The summed E-state index contributed by atoms with van der Waals surface area (Å²) < 4.78 is 21.2. The molecule has 0 bridgehead atoms. The van der Waals surface area contributed by atoms with E-state index in [-0.39, 0.29) is 11.9 Å². The topological polar surface area (TPSA) is 74.3 Å². The number of methoxy groups -OCH3 is 3. The molecule has 1 aromatic carbocycles. The minimum Gasteiger partial charge on any atom is -0.493 e. The largest absolute Gasteiger partial charge is 0.493 e. The monoisotopic (exact) mass is 379 g/mol. The second-order valence-corrected chi connectivity index (χ2v) is 6.41. The smallest absolute Gasteiger partial charge is 0.328 e. The lowest BCUT2D eigenvalue weighted by Crippen LogP contribution is -2.55. The molecule has 0 saturated carbocycles. The summed E-state index contributed by atoms with van der Waals surface area (Å²) in [5.74, 6) is 0.532. The van der Waals surface area contributed by atoms with Crippen molar-refractivity contribution in [3.8, 4) is 11.5 Å². The molecule has 1 heterocycles. The van der Waals surface area contributed by atoms with E-state index in [0.29, 0.717) is 43.1 Å². The molecule has 1 aromatic rings. The molecular formula is C20H29NO6. The fraction of sp³-hybridized carbons (Fsp3) is 0.600. The molecule has 1 amide bonds. The highest BCUT2D eigenvalue weighted by Crippen LogP contribution is 2.34. The van der Waals surface area contributed by atoms with Crippen LogP contribution in [-0.2, 0) is 20.7 Å². The maximum absolute atomic E-state index is 12.9. The summed E-state index contributed by atoms with van der Waals surface area (Å²) in [5.41, 5.74) is 1.36. The average Bonchev–Trinajstić information content (AvgIpc) is 2.65. The fourth-order valence-corrected chi connectivity index (χ4v) is 3.14. The van der Waals surface area contributed by atoms with Gasteiger partial charge in [0.2, 0.25) is 0 Å². The second-order valence-electron chi connectivity index (χ2n) is 6.41. The normalized spacial score (nSPS) is 15.9. The van der Waals surface area contributed by atoms with Crippen LogP contribution in [0.2, 0.25) is 0 Å². The van der Waals surface area contributed by atoms with Crippen LogP contribution in [0.5, 0.6) is 11.5 Å². The molecular weight excluding hydrogens is 350 g/mol. The molecule has 0 aromatic heterocycles. The van der Waals surface area contributed by atoms with Crippen LogP contribution < -0.4 is 9.47 Å². The number of likely N-dealkylation sites (tertiary alicyclic amines) is 1. The first-order valence-corrected chi connectivity index (χ1v) is 9.28. The Balaban J connectivity index is 2.19. The van der Waals surface area contributed by atoms with Crippen molar-refractivity contribution >= 4 is 11.9 Å². The first-order valence-electron chi connectivity index (χ1n) is 9.28. The number of amides is 1. The van der Waals surface area contributed by atoms with Gasteiger partial charge in [-0.1, -0.05) is 6.92 Å². The van der Waals surface area contributed by atoms with Crippen LogP contribution in [0.4, 0.5) is 0 Å². The van der Waals surface area contributed by atoms with Gasteiger partial charge in [0.1, 0.15) is 6.04 Å². The van der Waals surface area contributed by atoms with E-state index >= 15 is 0 Å². The Kier molecular flexibility index (Phi) is 7.91. The molecule has 1 fully saturated rings. The number of rotatable bonds is 10. The Morgan fingerprint density at radius 1 is 1.15 bits per heavy atom. The highest BCUT2D eigenvalue weighted by molar-refractivity contribution is 5.98. The van der Waals surface area contributed by atoms with Crippen LogP contribution in [0.3, 0.4) is 0 Å². The van der Waals surface area contributed by atoms with E-state index in [1.54, 1.807) is 20.3 Å². The highest BCUT2D eigenvalue weighted by atomic mass is 16.5. The third-order valence-electron chi connectivity index (χ3n) is 4.64. The lowest BCUT2D eigenvalue weighted by atomic mass is 9.98. The molecule has 1 aliphatic rings. The molecule has 1 atom stereocenters. The van der Waals surface area contributed by atoms with Crippen molar-refractivity contribution in [3.05, 3.63) is 23.3 Å². The third kappa shape index (κ3) is 4.91. The van der Waals surface area contributed by atoms with Gasteiger partial charge in [0.25, 0.3) is 5.91 Å². The Morgan fingerprint density at radius 2 is 1.93 bits per heavy atom. The Morgan fingerprint density at radius 3 is 2.48 bits per heavy atom. The van der Waals surface area contributed by atoms with Gasteiger partial charge in [-0.25, -0.2) is 4.79 Å². The number of carbonyl (C=O) groups excluding carboxylic acids is 2. The first-order chi connectivity index (χ1) is 13.1. The molecule has 0 radical (unpaired) electrons. The molecule has 7 heteroatoms. The maximum Gasteiger partial charge on any atom is 0.328 e. The minimum atomic E-state index is -0.513. The Hall–Kier alpha value is -2.28. The van der Waals surface area contributed by atoms with Crippen LogP contribution in [0.25, 0.3) is 0 Å². The molecule has 7 nitrogen and oxygen atoms in total. The van der Waals surface area contributed by atoms with Gasteiger partial charge in [-0.15, -0.1) is 0 Å². The number of ether oxygens (including phenoxy) is 4. The van der Waals surface area contributed by atoms with Gasteiger partial charge in [-0.2, -0.15) is 0 Å². The maximum atomic E-state index is 12.9. The van der Waals surface area contributed by atoms with Gasteiger partial charge in [0.05, 0.1) is 21.3 Å². The predicted octanol–water partition coefficient (Wildman–Crippen LogP) is 2.45. The van der Waals surface area contributed by atoms with Crippen LogP contribution >= 0.6 is 0 Å². The lowest BCUT2D eigenvalue weighted by Gasteiger charge is -2.38. The van der Waals surface area contributed by atoms with Crippen molar-refractivity contribution in [3.63, 3.8) is 0 Å². The van der Waals surface area contributed by atoms with Crippen molar-refractivity contribution in [1.82, 2.24) is 4.90 Å². The van der Waals surface area contributed by atoms with E-state index in [4.69, 9.17) is 18.9 Å². The molecule has 1 saturated heterocycles. The standard InChI is InChI=1S/C20H29NO6/c1-5-10-27-11-6-7-14-12-15(13-17(24-2)18(14)25-3)19(22)21-9-8-16(21)20(23)26-4/h12-13,16H,5-11H2,1-4H3/t16-/m1/s1. The summed E-state index contributed by atoms with van der Waals surface area (Å²) in [6, 6.07) is 2.96. The number of nitrogens with zero attached hydrogens (tertiary/aromatic N) is 1. The molecule has 27 heavy (non-hydrogen) atoms. The quantitative estimate of drug-likeness (QED) is 0.459. The van der Waals surface area contributed by atoms with E-state index in [0.717, 1.165) is 25.0 Å². The zero-order chi connectivity index (χ0) is 19.8. The summed E-state index contributed by atoms with van der Waals surface area (Å²) in [6.07, 6.45) is 3.11. The van der Waals surface area contributed by atoms with Crippen LogP contribution in [0, 0.1) is 0 Å². The van der Waals surface area contributed by atoms with Crippen LogP contribution in [0.1, 0.15) is 42.1 Å². The first kappa shape index (κ1) is 21.0. The Labute approximate surface area is 160 Å². The summed E-state index contributed by atoms with van der Waals surface area (Å²) in [4.78, 5) is 26.2. The van der Waals surface area contributed by atoms with Crippen molar-refractivity contribution in [1.29, 1.82) is 0 Å². The molecule has 2 rings (SSSR count). The summed E-state index contributed by atoms with van der Waals surface area (Å²) in [6.45, 7) is 3.99.